The van der Waals surface area contributed by atoms with Gasteiger partial charge in [0.1, 0.15) is 11.6 Å². The fourth-order valence-electron chi connectivity index (χ4n) is 2.10. The molecule has 2 aromatic carbocycles. The van der Waals surface area contributed by atoms with Gasteiger partial charge in [-0.05, 0) is 17.7 Å². The maximum absolute atomic E-state index is 13.2. The molecule has 0 heterocycles. The third kappa shape index (κ3) is 6.48. The average Bonchev–Trinajstić information content (AvgIpc) is 2.66. The van der Waals surface area contributed by atoms with Gasteiger partial charge in [0.25, 0.3) is 5.91 Å². The number of hydrogen-bond donors (Lipinski definition) is 2. The number of carbonyl (C=O) groups excluding carboxylic acids is 1. The van der Waals surface area contributed by atoms with Gasteiger partial charge < -0.3 is 9.47 Å². The van der Waals surface area contributed by atoms with Gasteiger partial charge in [-0.3, -0.25) is 10.0 Å². The standard InChI is InChI=1S/C19H19ClFNO4/c20-16-12-15(9-10-17(16)21)26-18(19(23)22-24)8-4-5-11-25-13-14-6-2-1-3-7-14/h1-7,9-10,12,18,24H,8,11,13H2,(H,22,23). The van der Waals surface area contributed by atoms with E-state index in [1.54, 1.807) is 17.6 Å². The third-order valence-corrected chi connectivity index (χ3v) is 3.70. The van der Waals surface area contributed by atoms with E-state index in [-0.39, 0.29) is 17.2 Å². The molecule has 0 spiro atoms. The summed E-state index contributed by atoms with van der Waals surface area (Å²) in [5, 5.41) is 8.72. The number of carbonyl (C=O) groups is 1. The Kier molecular flexibility index (Phi) is 8.08. The molecule has 1 atom stereocenters. The van der Waals surface area contributed by atoms with Crippen LogP contribution in [-0.2, 0) is 16.1 Å². The van der Waals surface area contributed by atoms with E-state index >= 15 is 0 Å². The van der Waals surface area contributed by atoms with Gasteiger partial charge in [-0.2, -0.15) is 0 Å². The first-order valence-electron chi connectivity index (χ1n) is 7.92. The molecule has 2 N–H and O–H groups in total. The topological polar surface area (TPSA) is 67.8 Å². The number of hydroxylamine groups is 1. The lowest BCUT2D eigenvalue weighted by Crippen LogP contribution is -2.36. The van der Waals surface area contributed by atoms with Crippen LogP contribution in [0.2, 0.25) is 5.02 Å². The van der Waals surface area contributed by atoms with Crippen molar-refractivity contribution < 1.29 is 23.9 Å². The van der Waals surface area contributed by atoms with E-state index in [0.717, 1.165) is 11.6 Å². The molecule has 1 amide bonds. The minimum absolute atomic E-state index is 0.115. The Bertz CT molecular complexity index is 740. The van der Waals surface area contributed by atoms with Crippen molar-refractivity contribution in [3.05, 3.63) is 77.1 Å². The number of ether oxygens (including phenoxy) is 2. The Hall–Kier alpha value is -2.41. The molecule has 26 heavy (non-hydrogen) atoms. The lowest BCUT2D eigenvalue weighted by atomic mass is 10.2. The van der Waals surface area contributed by atoms with Gasteiger partial charge in [-0.15, -0.1) is 0 Å². The van der Waals surface area contributed by atoms with Crippen LogP contribution in [0, 0.1) is 5.82 Å². The fourth-order valence-corrected chi connectivity index (χ4v) is 2.27. The van der Waals surface area contributed by atoms with E-state index in [0.29, 0.717) is 13.2 Å². The van der Waals surface area contributed by atoms with Crippen LogP contribution in [0.1, 0.15) is 12.0 Å². The van der Waals surface area contributed by atoms with Crippen molar-refractivity contribution in [1.82, 2.24) is 5.48 Å². The van der Waals surface area contributed by atoms with Gasteiger partial charge in [0.15, 0.2) is 6.10 Å². The summed E-state index contributed by atoms with van der Waals surface area (Å²) in [7, 11) is 0. The first kappa shape index (κ1) is 19.9. The van der Waals surface area contributed by atoms with E-state index < -0.39 is 17.8 Å². The summed E-state index contributed by atoms with van der Waals surface area (Å²) >= 11 is 5.69. The van der Waals surface area contributed by atoms with Crippen molar-refractivity contribution in [2.45, 2.75) is 19.1 Å². The number of rotatable bonds is 9. The predicted octanol–water partition coefficient (Wildman–Crippen LogP) is 3.90. The molecular weight excluding hydrogens is 361 g/mol. The number of hydrogen-bond acceptors (Lipinski definition) is 4. The fraction of sp³-hybridized carbons (Fsp3) is 0.211. The van der Waals surface area contributed by atoms with E-state index in [1.807, 2.05) is 30.3 Å². The number of benzene rings is 2. The first-order valence-corrected chi connectivity index (χ1v) is 8.30. The second-order valence-corrected chi connectivity index (χ2v) is 5.77. The summed E-state index contributed by atoms with van der Waals surface area (Å²) < 4.78 is 24.1. The van der Waals surface area contributed by atoms with E-state index in [9.17, 15) is 9.18 Å². The van der Waals surface area contributed by atoms with Crippen LogP contribution in [0.3, 0.4) is 0 Å². The zero-order chi connectivity index (χ0) is 18.8. The lowest BCUT2D eigenvalue weighted by molar-refractivity contribution is -0.136. The Labute approximate surface area is 156 Å². The molecule has 7 heteroatoms. The first-order chi connectivity index (χ1) is 12.6. The van der Waals surface area contributed by atoms with Crippen molar-refractivity contribution in [3.8, 4) is 5.75 Å². The van der Waals surface area contributed by atoms with Gasteiger partial charge in [-0.25, -0.2) is 9.87 Å². The highest BCUT2D eigenvalue weighted by Gasteiger charge is 2.19. The SMILES string of the molecule is O=C(NO)C(CC=CCOCc1ccccc1)Oc1ccc(F)c(Cl)c1. The Balaban J connectivity index is 1.83. The van der Waals surface area contributed by atoms with Crippen LogP contribution >= 0.6 is 11.6 Å². The molecule has 0 fully saturated rings. The molecule has 2 rings (SSSR count). The van der Waals surface area contributed by atoms with Crippen molar-refractivity contribution in [1.29, 1.82) is 0 Å². The quantitative estimate of drug-likeness (QED) is 0.300. The van der Waals surface area contributed by atoms with Crippen LogP contribution in [0.25, 0.3) is 0 Å². The predicted molar refractivity (Wildman–Crippen MR) is 95.6 cm³/mol. The number of halogens is 2. The zero-order valence-corrected chi connectivity index (χ0v) is 14.7. The van der Waals surface area contributed by atoms with Gasteiger partial charge in [0.05, 0.1) is 18.2 Å². The van der Waals surface area contributed by atoms with Crippen LogP contribution in [0.5, 0.6) is 5.75 Å². The summed E-state index contributed by atoms with van der Waals surface area (Å²) in [6.07, 6.45) is 2.65. The highest BCUT2D eigenvalue weighted by Crippen LogP contribution is 2.22. The van der Waals surface area contributed by atoms with Crippen LogP contribution < -0.4 is 10.2 Å². The minimum atomic E-state index is -0.994. The molecule has 0 saturated carbocycles. The van der Waals surface area contributed by atoms with Crippen molar-refractivity contribution in [2.24, 2.45) is 0 Å². The van der Waals surface area contributed by atoms with Crippen LogP contribution in [-0.4, -0.2) is 23.8 Å². The smallest absolute Gasteiger partial charge is 0.284 e. The Morgan fingerprint density at radius 1 is 1.23 bits per heavy atom. The summed E-state index contributed by atoms with van der Waals surface area (Å²) in [4.78, 5) is 11.7. The zero-order valence-electron chi connectivity index (χ0n) is 13.9. The molecular formula is C19H19ClFNO4. The normalized spacial score (nSPS) is 12.1. The van der Waals surface area contributed by atoms with Crippen molar-refractivity contribution in [3.63, 3.8) is 0 Å². The summed E-state index contributed by atoms with van der Waals surface area (Å²) in [6.45, 7) is 0.848. The molecule has 2 aromatic rings. The molecule has 0 saturated heterocycles. The molecule has 0 aliphatic rings. The van der Waals surface area contributed by atoms with Crippen LogP contribution in [0.15, 0.2) is 60.7 Å². The summed E-state index contributed by atoms with van der Waals surface area (Å²) in [5.41, 5.74) is 2.61. The monoisotopic (exact) mass is 379 g/mol. The Morgan fingerprint density at radius 3 is 2.69 bits per heavy atom. The lowest BCUT2D eigenvalue weighted by Gasteiger charge is -2.16. The number of amides is 1. The second-order valence-electron chi connectivity index (χ2n) is 5.37. The molecule has 138 valence electrons. The Morgan fingerprint density at radius 2 is 2.00 bits per heavy atom. The molecule has 0 aliphatic carbocycles. The maximum Gasteiger partial charge on any atom is 0.284 e. The van der Waals surface area contributed by atoms with Gasteiger partial charge in [0, 0.05) is 12.5 Å². The molecule has 0 bridgehead atoms. The minimum Gasteiger partial charge on any atom is -0.480 e. The number of nitrogens with one attached hydrogen (secondary N) is 1. The second kappa shape index (κ2) is 10.6. The largest absolute Gasteiger partial charge is 0.480 e. The average molecular weight is 380 g/mol. The molecule has 1 unspecified atom stereocenters. The van der Waals surface area contributed by atoms with Gasteiger partial charge in [-0.1, -0.05) is 54.1 Å². The van der Waals surface area contributed by atoms with Crippen molar-refractivity contribution in [2.75, 3.05) is 6.61 Å². The highest BCUT2D eigenvalue weighted by molar-refractivity contribution is 6.30. The molecule has 5 nitrogen and oxygen atoms in total. The van der Waals surface area contributed by atoms with Crippen LogP contribution in [0.4, 0.5) is 4.39 Å². The van der Waals surface area contributed by atoms with E-state index in [4.69, 9.17) is 26.3 Å². The van der Waals surface area contributed by atoms with E-state index in [1.165, 1.54) is 12.1 Å². The maximum atomic E-state index is 13.2. The van der Waals surface area contributed by atoms with Gasteiger partial charge >= 0.3 is 0 Å². The summed E-state index contributed by atoms with van der Waals surface area (Å²) in [6, 6.07) is 13.5. The van der Waals surface area contributed by atoms with Gasteiger partial charge in [0.2, 0.25) is 0 Å². The van der Waals surface area contributed by atoms with Crippen molar-refractivity contribution >= 4 is 17.5 Å². The molecule has 0 aromatic heterocycles. The summed E-state index contributed by atoms with van der Waals surface area (Å²) in [5.74, 6) is -1.09. The molecule has 0 aliphatic heterocycles. The third-order valence-electron chi connectivity index (χ3n) is 3.41. The highest BCUT2D eigenvalue weighted by atomic mass is 35.5. The van der Waals surface area contributed by atoms with E-state index in [2.05, 4.69) is 0 Å². The molecule has 0 radical (unpaired) electrons.